The first kappa shape index (κ1) is 23.6. The number of amides is 1. The normalized spacial score (nSPS) is 14.1. The topological polar surface area (TPSA) is 76.2 Å². The molecule has 0 unspecified atom stereocenters. The van der Waals surface area contributed by atoms with Crippen molar-refractivity contribution < 1.29 is 22.7 Å². The van der Waals surface area contributed by atoms with Gasteiger partial charge < -0.3 is 19.3 Å². The van der Waals surface area contributed by atoms with Crippen LogP contribution in [0.3, 0.4) is 0 Å². The van der Waals surface area contributed by atoms with Crippen LogP contribution in [0.5, 0.6) is 11.5 Å². The number of sulfone groups is 1. The molecule has 0 N–H and O–H groups in total. The Kier molecular flexibility index (Phi) is 7.07. The Hall–Kier alpha value is -3.52. The van der Waals surface area contributed by atoms with Crippen LogP contribution in [0.1, 0.15) is 5.56 Å². The highest BCUT2D eigenvalue weighted by Crippen LogP contribution is 2.28. The summed E-state index contributed by atoms with van der Waals surface area (Å²) < 4.78 is 36.2. The summed E-state index contributed by atoms with van der Waals surface area (Å²) in [6.07, 6.45) is 0.298. The van der Waals surface area contributed by atoms with Crippen LogP contribution in [0.25, 0.3) is 0 Å². The summed E-state index contributed by atoms with van der Waals surface area (Å²) in [6, 6.07) is 20.9. The van der Waals surface area contributed by atoms with Crippen LogP contribution in [0, 0.1) is 0 Å². The van der Waals surface area contributed by atoms with Crippen molar-refractivity contribution in [2.45, 2.75) is 16.2 Å². The van der Waals surface area contributed by atoms with E-state index in [0.29, 0.717) is 44.1 Å². The number of ether oxygens (including phenoxy) is 2. The Morgan fingerprint density at radius 3 is 2.03 bits per heavy atom. The lowest BCUT2D eigenvalue weighted by atomic mass is 10.1. The Balaban J connectivity index is 1.36. The van der Waals surface area contributed by atoms with E-state index in [-0.39, 0.29) is 15.7 Å². The number of anilines is 1. The molecule has 1 amide bonds. The molecule has 1 fully saturated rings. The van der Waals surface area contributed by atoms with Crippen LogP contribution in [0.2, 0.25) is 0 Å². The number of nitrogens with zero attached hydrogens (tertiary/aromatic N) is 2. The minimum atomic E-state index is -3.53. The van der Waals surface area contributed by atoms with Gasteiger partial charge in [-0.25, -0.2) is 8.42 Å². The molecular formula is C26H28N2O5S. The van der Waals surface area contributed by atoms with Gasteiger partial charge in [-0.3, -0.25) is 4.79 Å². The van der Waals surface area contributed by atoms with Crippen molar-refractivity contribution in [3.63, 3.8) is 0 Å². The number of carbonyl (C=O) groups is 1. The molecule has 0 atom stereocenters. The van der Waals surface area contributed by atoms with Gasteiger partial charge in [0.05, 0.1) is 30.4 Å². The summed E-state index contributed by atoms with van der Waals surface area (Å²) in [5.74, 6) is 1.31. The lowest BCUT2D eigenvalue weighted by Gasteiger charge is -2.36. The third kappa shape index (κ3) is 5.02. The quantitative estimate of drug-likeness (QED) is 0.516. The van der Waals surface area contributed by atoms with E-state index in [2.05, 4.69) is 4.90 Å². The van der Waals surface area contributed by atoms with Gasteiger partial charge >= 0.3 is 0 Å². The fraction of sp³-hybridized carbons (Fsp3) is 0.269. The summed E-state index contributed by atoms with van der Waals surface area (Å²) in [4.78, 5) is 17.4. The fourth-order valence-electron chi connectivity index (χ4n) is 4.06. The Bertz CT molecular complexity index is 1240. The number of rotatable bonds is 7. The second kappa shape index (κ2) is 10.2. The van der Waals surface area contributed by atoms with Gasteiger partial charge in [-0.05, 0) is 54.1 Å². The molecule has 0 spiro atoms. The molecule has 3 aromatic carbocycles. The maximum atomic E-state index is 12.8. The maximum Gasteiger partial charge on any atom is 0.227 e. The van der Waals surface area contributed by atoms with Gasteiger partial charge in [-0.2, -0.15) is 0 Å². The third-order valence-corrected chi connectivity index (χ3v) is 7.79. The highest BCUT2D eigenvalue weighted by atomic mass is 32.2. The van der Waals surface area contributed by atoms with E-state index in [1.807, 2.05) is 29.2 Å². The first-order valence-corrected chi connectivity index (χ1v) is 12.5. The summed E-state index contributed by atoms with van der Waals surface area (Å²) in [6.45, 7) is 2.58. The zero-order valence-corrected chi connectivity index (χ0v) is 20.1. The number of piperazine rings is 1. The van der Waals surface area contributed by atoms with Gasteiger partial charge in [0, 0.05) is 31.9 Å². The molecule has 0 saturated carbocycles. The van der Waals surface area contributed by atoms with E-state index in [9.17, 15) is 13.2 Å². The maximum absolute atomic E-state index is 12.8. The molecule has 0 bridgehead atoms. The zero-order chi connectivity index (χ0) is 24.1. The standard InChI is InChI=1S/C26H28N2O5S/c1-32-24-13-8-20(18-25(24)33-2)19-26(29)28-16-14-27(15-17-28)21-9-11-23(12-10-21)34(30,31)22-6-4-3-5-7-22/h3-13,18H,14-17,19H2,1-2H3. The van der Waals surface area contributed by atoms with Gasteiger partial charge in [0.1, 0.15) is 0 Å². The van der Waals surface area contributed by atoms with Crippen LogP contribution in [-0.2, 0) is 21.1 Å². The number of hydrogen-bond acceptors (Lipinski definition) is 6. The van der Waals surface area contributed by atoms with Crippen molar-refractivity contribution in [2.24, 2.45) is 0 Å². The molecule has 0 aromatic heterocycles. The molecule has 3 aromatic rings. The van der Waals surface area contributed by atoms with Gasteiger partial charge in [0.25, 0.3) is 0 Å². The van der Waals surface area contributed by atoms with Crippen molar-refractivity contribution in [1.29, 1.82) is 0 Å². The van der Waals surface area contributed by atoms with Crippen LogP contribution >= 0.6 is 0 Å². The number of carbonyl (C=O) groups excluding carboxylic acids is 1. The Morgan fingerprint density at radius 1 is 0.794 bits per heavy atom. The monoisotopic (exact) mass is 480 g/mol. The molecule has 178 valence electrons. The smallest absolute Gasteiger partial charge is 0.227 e. The van der Waals surface area contributed by atoms with Gasteiger partial charge in [-0.1, -0.05) is 24.3 Å². The molecule has 34 heavy (non-hydrogen) atoms. The summed E-state index contributed by atoms with van der Waals surface area (Å²) >= 11 is 0. The molecule has 7 nitrogen and oxygen atoms in total. The predicted octanol–water partition coefficient (Wildman–Crippen LogP) is 3.43. The molecule has 1 heterocycles. The highest BCUT2D eigenvalue weighted by molar-refractivity contribution is 7.91. The third-order valence-electron chi connectivity index (χ3n) is 6.00. The molecule has 1 aliphatic heterocycles. The summed E-state index contributed by atoms with van der Waals surface area (Å²) in [5, 5.41) is 0. The van der Waals surface area contributed by atoms with Gasteiger partial charge in [-0.15, -0.1) is 0 Å². The average Bonchev–Trinajstić information content (AvgIpc) is 2.89. The first-order valence-electron chi connectivity index (χ1n) is 11.1. The highest BCUT2D eigenvalue weighted by Gasteiger charge is 2.23. The molecule has 1 aliphatic rings. The molecule has 0 radical (unpaired) electrons. The van der Waals surface area contributed by atoms with E-state index < -0.39 is 9.84 Å². The zero-order valence-electron chi connectivity index (χ0n) is 19.3. The molecular weight excluding hydrogens is 452 g/mol. The molecule has 4 rings (SSSR count). The van der Waals surface area contributed by atoms with E-state index in [4.69, 9.17) is 9.47 Å². The largest absolute Gasteiger partial charge is 0.493 e. The van der Waals surface area contributed by atoms with E-state index in [1.54, 1.807) is 62.8 Å². The minimum absolute atomic E-state index is 0.0659. The lowest BCUT2D eigenvalue weighted by Crippen LogP contribution is -2.49. The first-order chi connectivity index (χ1) is 16.4. The number of methoxy groups -OCH3 is 2. The van der Waals surface area contributed by atoms with Crippen LogP contribution < -0.4 is 14.4 Å². The van der Waals surface area contributed by atoms with Crippen molar-refractivity contribution >= 4 is 21.4 Å². The van der Waals surface area contributed by atoms with Crippen LogP contribution in [0.15, 0.2) is 82.6 Å². The van der Waals surface area contributed by atoms with Gasteiger partial charge in [0.2, 0.25) is 15.7 Å². The Morgan fingerprint density at radius 2 is 1.41 bits per heavy atom. The SMILES string of the molecule is COc1ccc(CC(=O)N2CCN(c3ccc(S(=O)(=O)c4ccccc4)cc3)CC2)cc1OC. The van der Waals surface area contributed by atoms with Crippen molar-refractivity contribution in [2.75, 3.05) is 45.3 Å². The van der Waals surface area contributed by atoms with E-state index in [1.165, 1.54) is 0 Å². The summed E-state index contributed by atoms with van der Waals surface area (Å²) in [5.41, 5.74) is 1.82. The summed E-state index contributed by atoms with van der Waals surface area (Å²) in [7, 11) is -0.377. The molecule has 0 aliphatic carbocycles. The second-order valence-corrected chi connectivity index (χ2v) is 9.99. The van der Waals surface area contributed by atoms with E-state index in [0.717, 1.165) is 11.3 Å². The lowest BCUT2D eigenvalue weighted by molar-refractivity contribution is -0.130. The van der Waals surface area contributed by atoms with Crippen LogP contribution in [0.4, 0.5) is 5.69 Å². The van der Waals surface area contributed by atoms with Crippen molar-refractivity contribution in [3.8, 4) is 11.5 Å². The molecule has 1 saturated heterocycles. The Labute approximate surface area is 200 Å². The average molecular weight is 481 g/mol. The second-order valence-electron chi connectivity index (χ2n) is 8.04. The molecule has 8 heteroatoms. The fourth-order valence-corrected chi connectivity index (χ4v) is 5.34. The predicted molar refractivity (Wildman–Crippen MR) is 130 cm³/mol. The van der Waals surface area contributed by atoms with Crippen LogP contribution in [-0.4, -0.2) is 59.6 Å². The van der Waals surface area contributed by atoms with Crippen molar-refractivity contribution in [3.05, 3.63) is 78.4 Å². The van der Waals surface area contributed by atoms with Crippen molar-refractivity contribution in [1.82, 2.24) is 4.90 Å². The number of hydrogen-bond donors (Lipinski definition) is 0. The number of benzene rings is 3. The van der Waals surface area contributed by atoms with Gasteiger partial charge in [0.15, 0.2) is 11.5 Å². The van der Waals surface area contributed by atoms with E-state index >= 15 is 0 Å². The minimum Gasteiger partial charge on any atom is -0.493 e.